The number of hydrogen-bond donors (Lipinski definition) is 0. The summed E-state index contributed by atoms with van der Waals surface area (Å²) in [6.07, 6.45) is 0. The molecule has 0 fully saturated rings. The lowest BCUT2D eigenvalue weighted by Crippen LogP contribution is -2.00. The summed E-state index contributed by atoms with van der Waals surface area (Å²) in [5, 5.41) is 7.53. The Hall–Kier alpha value is -6.49. The predicted molar refractivity (Wildman–Crippen MR) is 214 cm³/mol. The van der Waals surface area contributed by atoms with Crippen LogP contribution in [0.3, 0.4) is 0 Å². The molecule has 0 bridgehead atoms. The fraction of sp³-hybridized carbons (Fsp3) is 0. The number of nitrogens with zero attached hydrogens (tertiary/aromatic N) is 3. The Labute approximate surface area is 298 Å². The first kappa shape index (κ1) is 28.4. The van der Waals surface area contributed by atoms with E-state index in [-0.39, 0.29) is 0 Å². The van der Waals surface area contributed by atoms with Crippen molar-refractivity contribution in [1.29, 1.82) is 0 Å². The molecule has 2 heterocycles. The standard InChI is InChI=1S/C47H27N3S/c1-3-12-28(13-4-1)31-24-25-37(34-18-9-7-16-32(31)34)47-49-45(29-14-5-2-6-15-29)48-46(50-47)30-22-23-38-41(26-30)51-42-27-40-35-19-10-8-17-33(35)36-20-11-21-39(43(36)40)44(38)42/h1-27H. The number of benzene rings is 8. The Morgan fingerprint density at radius 2 is 0.882 bits per heavy atom. The van der Waals surface area contributed by atoms with Gasteiger partial charge in [-0.3, -0.25) is 0 Å². The van der Waals surface area contributed by atoms with Crippen LogP contribution in [0.5, 0.6) is 0 Å². The molecule has 8 aromatic carbocycles. The topological polar surface area (TPSA) is 38.7 Å². The van der Waals surface area contributed by atoms with E-state index < -0.39 is 0 Å². The predicted octanol–water partition coefficient (Wildman–Crippen LogP) is 12.9. The number of aromatic nitrogens is 3. The van der Waals surface area contributed by atoms with E-state index in [0.29, 0.717) is 17.5 Å². The van der Waals surface area contributed by atoms with Crippen LogP contribution in [-0.4, -0.2) is 15.0 Å². The molecule has 236 valence electrons. The lowest BCUT2D eigenvalue weighted by atomic mass is 9.94. The fourth-order valence-corrected chi connectivity index (χ4v) is 9.18. The van der Waals surface area contributed by atoms with Crippen molar-refractivity contribution in [3.63, 3.8) is 0 Å². The van der Waals surface area contributed by atoms with Crippen molar-refractivity contribution in [2.75, 3.05) is 0 Å². The van der Waals surface area contributed by atoms with Gasteiger partial charge in [0.2, 0.25) is 0 Å². The summed E-state index contributed by atoms with van der Waals surface area (Å²) < 4.78 is 2.52. The van der Waals surface area contributed by atoms with E-state index in [1.54, 1.807) is 0 Å². The van der Waals surface area contributed by atoms with E-state index in [1.165, 1.54) is 69.7 Å². The van der Waals surface area contributed by atoms with E-state index in [1.807, 2.05) is 29.5 Å². The first-order valence-corrected chi connectivity index (χ1v) is 18.0. The molecule has 51 heavy (non-hydrogen) atoms. The maximum Gasteiger partial charge on any atom is 0.164 e. The minimum absolute atomic E-state index is 0.659. The van der Waals surface area contributed by atoms with Crippen LogP contribution >= 0.6 is 11.3 Å². The molecule has 11 rings (SSSR count). The van der Waals surface area contributed by atoms with E-state index >= 15 is 0 Å². The highest BCUT2D eigenvalue weighted by atomic mass is 32.1. The molecule has 0 spiro atoms. The SMILES string of the molecule is c1ccc(-c2nc(-c3ccc4c(c3)sc3cc5c6c(cccc6c34)-c3ccccc3-5)nc(-c3ccc(-c4ccccc4)c4ccccc34)n2)cc1. The van der Waals surface area contributed by atoms with Crippen LogP contribution in [0, 0.1) is 0 Å². The average Bonchev–Trinajstić information content (AvgIpc) is 3.74. The Bertz CT molecular complexity index is 3020. The molecular formula is C47H27N3S. The summed E-state index contributed by atoms with van der Waals surface area (Å²) in [4.78, 5) is 15.4. The van der Waals surface area contributed by atoms with Crippen molar-refractivity contribution in [1.82, 2.24) is 15.0 Å². The summed E-state index contributed by atoms with van der Waals surface area (Å²) in [6, 6.07) is 58.3. The summed E-state index contributed by atoms with van der Waals surface area (Å²) in [5.41, 5.74) is 10.6. The Morgan fingerprint density at radius 1 is 0.294 bits per heavy atom. The number of rotatable bonds is 4. The Kier molecular flexibility index (Phi) is 6.12. The second kappa shape index (κ2) is 11.0. The monoisotopic (exact) mass is 665 g/mol. The van der Waals surface area contributed by atoms with Gasteiger partial charge in [-0.2, -0.15) is 0 Å². The van der Waals surface area contributed by atoms with Crippen LogP contribution in [0.1, 0.15) is 0 Å². The lowest BCUT2D eigenvalue weighted by molar-refractivity contribution is 1.08. The molecule has 2 aromatic heterocycles. The van der Waals surface area contributed by atoms with E-state index in [4.69, 9.17) is 15.0 Å². The number of thiophene rings is 1. The molecule has 3 nitrogen and oxygen atoms in total. The van der Waals surface area contributed by atoms with Crippen molar-refractivity contribution in [2.24, 2.45) is 0 Å². The van der Waals surface area contributed by atoms with E-state index in [0.717, 1.165) is 22.1 Å². The van der Waals surface area contributed by atoms with E-state index in [9.17, 15) is 0 Å². The summed E-state index contributed by atoms with van der Waals surface area (Å²) in [7, 11) is 0. The van der Waals surface area contributed by atoms with Gasteiger partial charge in [0.1, 0.15) is 0 Å². The largest absolute Gasteiger partial charge is 0.208 e. The minimum Gasteiger partial charge on any atom is -0.208 e. The first-order valence-electron chi connectivity index (χ1n) is 17.2. The van der Waals surface area contributed by atoms with Gasteiger partial charge in [0.15, 0.2) is 17.5 Å². The van der Waals surface area contributed by atoms with Crippen LogP contribution in [-0.2, 0) is 0 Å². The van der Waals surface area contributed by atoms with Crippen molar-refractivity contribution in [3.8, 4) is 67.5 Å². The zero-order valence-corrected chi connectivity index (χ0v) is 28.2. The maximum atomic E-state index is 5.20. The normalized spacial score (nSPS) is 11.9. The van der Waals surface area contributed by atoms with Crippen molar-refractivity contribution in [3.05, 3.63) is 164 Å². The van der Waals surface area contributed by atoms with Crippen LogP contribution in [0.4, 0.5) is 0 Å². The molecule has 0 saturated heterocycles. The summed E-state index contributed by atoms with van der Waals surface area (Å²) in [5.74, 6) is 1.99. The average molecular weight is 666 g/mol. The quantitative estimate of drug-likeness (QED) is 0.188. The van der Waals surface area contributed by atoms with Crippen molar-refractivity contribution < 1.29 is 0 Å². The summed E-state index contributed by atoms with van der Waals surface area (Å²) in [6.45, 7) is 0. The van der Waals surface area contributed by atoms with E-state index in [2.05, 4.69) is 146 Å². The molecule has 1 aliphatic carbocycles. The third kappa shape index (κ3) is 4.33. The Morgan fingerprint density at radius 3 is 1.67 bits per heavy atom. The first-order chi connectivity index (χ1) is 25.3. The highest BCUT2D eigenvalue weighted by Gasteiger charge is 2.24. The molecule has 0 atom stereocenters. The fourth-order valence-electron chi connectivity index (χ4n) is 7.98. The molecule has 1 aliphatic rings. The second-order valence-electron chi connectivity index (χ2n) is 13.1. The number of fused-ring (bicyclic) bond motifs is 8. The zero-order chi connectivity index (χ0) is 33.5. The third-order valence-corrected chi connectivity index (χ3v) is 11.4. The molecule has 0 saturated carbocycles. The summed E-state index contributed by atoms with van der Waals surface area (Å²) >= 11 is 1.84. The second-order valence-corrected chi connectivity index (χ2v) is 14.2. The minimum atomic E-state index is 0.659. The molecule has 0 aliphatic heterocycles. The highest BCUT2D eigenvalue weighted by molar-refractivity contribution is 7.26. The highest BCUT2D eigenvalue weighted by Crippen LogP contribution is 2.52. The van der Waals surface area contributed by atoms with Gasteiger partial charge in [-0.1, -0.05) is 146 Å². The molecule has 0 radical (unpaired) electrons. The van der Waals surface area contributed by atoms with Gasteiger partial charge in [0, 0.05) is 36.9 Å². The van der Waals surface area contributed by atoms with Crippen LogP contribution < -0.4 is 0 Å². The van der Waals surface area contributed by atoms with Gasteiger partial charge < -0.3 is 0 Å². The van der Waals surface area contributed by atoms with Gasteiger partial charge >= 0.3 is 0 Å². The lowest BCUT2D eigenvalue weighted by Gasteiger charge is -2.13. The maximum absolute atomic E-state index is 5.20. The molecular weight excluding hydrogens is 639 g/mol. The van der Waals surface area contributed by atoms with Crippen LogP contribution in [0.25, 0.3) is 109 Å². The molecule has 10 aromatic rings. The van der Waals surface area contributed by atoms with Crippen molar-refractivity contribution in [2.45, 2.75) is 0 Å². The molecule has 0 unspecified atom stereocenters. The molecule has 0 amide bonds. The van der Waals surface area contributed by atoms with Crippen LogP contribution in [0.2, 0.25) is 0 Å². The third-order valence-electron chi connectivity index (χ3n) is 10.3. The van der Waals surface area contributed by atoms with Gasteiger partial charge in [-0.05, 0) is 73.1 Å². The Balaban J connectivity index is 1.11. The van der Waals surface area contributed by atoms with Crippen molar-refractivity contribution >= 4 is 53.1 Å². The smallest absolute Gasteiger partial charge is 0.164 e. The molecule has 0 N–H and O–H groups in total. The van der Waals surface area contributed by atoms with Crippen LogP contribution in [0.15, 0.2) is 164 Å². The van der Waals surface area contributed by atoms with Gasteiger partial charge in [0.05, 0.1) is 0 Å². The van der Waals surface area contributed by atoms with Gasteiger partial charge in [-0.25, -0.2) is 15.0 Å². The number of hydrogen-bond acceptors (Lipinski definition) is 4. The van der Waals surface area contributed by atoms with Gasteiger partial charge in [0.25, 0.3) is 0 Å². The molecule has 4 heteroatoms. The van der Waals surface area contributed by atoms with Gasteiger partial charge in [-0.15, -0.1) is 11.3 Å². The zero-order valence-electron chi connectivity index (χ0n) is 27.3.